The number of nitrogens with one attached hydrogen (secondary N) is 2. The predicted molar refractivity (Wildman–Crippen MR) is 156 cm³/mol. The Kier molecular flexibility index (Phi) is 7.32. The number of hydrogen-bond acceptors (Lipinski definition) is 8. The Morgan fingerprint density at radius 1 is 1.05 bits per heavy atom. The number of rotatable bonds is 8. The Balaban J connectivity index is 1.50. The molecule has 2 unspecified atom stereocenters. The minimum Gasteiger partial charge on any atom is -0.497 e. The van der Waals surface area contributed by atoms with Crippen LogP contribution in [0.5, 0.6) is 5.75 Å². The number of ether oxygens (including phenoxy) is 1. The van der Waals surface area contributed by atoms with Gasteiger partial charge in [-0.25, -0.2) is 13.2 Å². The number of amides is 1. The molecule has 216 valence electrons. The Morgan fingerprint density at radius 2 is 1.79 bits per heavy atom. The zero-order valence-corrected chi connectivity index (χ0v) is 23.8. The summed E-state index contributed by atoms with van der Waals surface area (Å²) in [6.07, 6.45) is 0.769. The third-order valence-corrected chi connectivity index (χ3v) is 9.62. The zero-order valence-electron chi connectivity index (χ0n) is 22.9. The second-order valence-corrected chi connectivity index (χ2v) is 12.3. The lowest BCUT2D eigenvalue weighted by Crippen LogP contribution is -2.58. The molecule has 3 heterocycles. The van der Waals surface area contributed by atoms with Gasteiger partial charge >= 0.3 is 5.69 Å². The molecule has 0 bridgehead atoms. The van der Waals surface area contributed by atoms with E-state index in [9.17, 15) is 23.3 Å². The first-order chi connectivity index (χ1) is 20.3. The number of nitrogens with zero attached hydrogens (tertiary/aromatic N) is 4. The van der Waals surface area contributed by atoms with Crippen molar-refractivity contribution >= 4 is 27.0 Å². The number of carbonyl (C=O) groups excluding carboxylic acids is 1. The van der Waals surface area contributed by atoms with Crippen LogP contribution < -0.4 is 21.1 Å². The number of imidazole rings is 1. The van der Waals surface area contributed by atoms with Crippen molar-refractivity contribution in [3.8, 4) is 11.8 Å². The van der Waals surface area contributed by atoms with Gasteiger partial charge in [0.05, 0.1) is 34.7 Å². The monoisotopic (exact) mass is 586 g/mol. The van der Waals surface area contributed by atoms with Crippen LogP contribution in [0.3, 0.4) is 0 Å². The Hall–Kier alpha value is -4.44. The number of fused-ring (bicyclic) bond motifs is 1. The summed E-state index contributed by atoms with van der Waals surface area (Å²) in [5.41, 5.74) is 0.115. The van der Waals surface area contributed by atoms with Gasteiger partial charge in [0.1, 0.15) is 11.8 Å². The summed E-state index contributed by atoms with van der Waals surface area (Å²) < 4.78 is 35.0. The van der Waals surface area contributed by atoms with Crippen molar-refractivity contribution in [2.24, 2.45) is 0 Å². The van der Waals surface area contributed by atoms with Crippen molar-refractivity contribution in [3.63, 3.8) is 0 Å². The van der Waals surface area contributed by atoms with Crippen LogP contribution in [0.4, 0.5) is 0 Å². The molecule has 0 saturated carbocycles. The topological polar surface area (TPSA) is 138 Å². The first-order valence-corrected chi connectivity index (χ1v) is 15.1. The fraction of sp³-hybridized carbons (Fsp3) is 0.300. The van der Waals surface area contributed by atoms with E-state index in [1.165, 1.54) is 54.1 Å². The largest absolute Gasteiger partial charge is 0.497 e. The number of aromatic nitrogens is 2. The maximum Gasteiger partial charge on any atom is 0.344 e. The van der Waals surface area contributed by atoms with Gasteiger partial charge in [0.15, 0.2) is 0 Å². The molecule has 12 heteroatoms. The highest BCUT2D eigenvalue weighted by Crippen LogP contribution is 2.29. The molecular formula is C30H30N6O5S. The minimum atomic E-state index is -4.40. The molecule has 4 aromatic rings. The normalized spacial score (nSPS) is 18.0. The summed E-state index contributed by atoms with van der Waals surface area (Å²) >= 11 is 0. The third kappa shape index (κ3) is 4.85. The average molecular weight is 587 g/mol. The molecule has 3 aromatic carbocycles. The molecule has 0 aliphatic carbocycles. The fourth-order valence-corrected chi connectivity index (χ4v) is 7.04. The molecule has 1 aromatic heterocycles. The van der Waals surface area contributed by atoms with E-state index in [0.29, 0.717) is 34.4 Å². The lowest BCUT2D eigenvalue weighted by atomic mass is 10.0. The number of likely N-dealkylation sites (tertiary alicyclic amines) is 1. The van der Waals surface area contributed by atoms with Crippen LogP contribution in [0.25, 0.3) is 11.0 Å². The molecule has 0 spiro atoms. The van der Waals surface area contributed by atoms with Crippen LogP contribution in [-0.2, 0) is 14.8 Å². The van der Waals surface area contributed by atoms with E-state index < -0.39 is 21.8 Å². The summed E-state index contributed by atoms with van der Waals surface area (Å²) in [5.74, 6) is 0.145. The summed E-state index contributed by atoms with van der Waals surface area (Å²) in [6.45, 7) is 2.74. The van der Waals surface area contributed by atoms with E-state index in [0.717, 1.165) is 19.5 Å². The van der Waals surface area contributed by atoms with Gasteiger partial charge in [-0.05, 0) is 54.4 Å². The van der Waals surface area contributed by atoms with Gasteiger partial charge in [-0.15, -0.1) is 0 Å². The van der Waals surface area contributed by atoms with E-state index in [4.69, 9.17) is 4.74 Å². The maximum atomic E-state index is 14.3. The lowest BCUT2D eigenvalue weighted by Gasteiger charge is -2.31. The molecule has 11 nitrogen and oxygen atoms in total. The Labute approximate surface area is 243 Å². The second-order valence-electron chi connectivity index (χ2n) is 10.5. The Bertz CT molecular complexity index is 1840. The molecule has 6 rings (SSSR count). The minimum absolute atomic E-state index is 0.0713. The van der Waals surface area contributed by atoms with E-state index in [-0.39, 0.29) is 33.4 Å². The summed E-state index contributed by atoms with van der Waals surface area (Å²) in [6, 6.07) is 20.3. The van der Waals surface area contributed by atoms with Crippen LogP contribution in [0.1, 0.15) is 23.6 Å². The molecule has 0 radical (unpaired) electrons. The Morgan fingerprint density at radius 3 is 2.43 bits per heavy atom. The molecule has 2 N–H and O–H groups in total. The third-order valence-electron chi connectivity index (χ3n) is 7.92. The smallest absolute Gasteiger partial charge is 0.344 e. The van der Waals surface area contributed by atoms with Gasteiger partial charge < -0.3 is 20.3 Å². The SMILES string of the molecule is COc1ccc(S(=O)(=O)n2c(=O)n(C(C(=O)N3CCC(NC4CNC4)C3)c3ccccc3)c3cc(C#N)ccc32)cc1. The van der Waals surface area contributed by atoms with Gasteiger partial charge in [0.2, 0.25) is 0 Å². The molecule has 2 aliphatic heterocycles. The first-order valence-electron chi connectivity index (χ1n) is 13.7. The number of carbonyl (C=O) groups is 1. The van der Waals surface area contributed by atoms with Crippen LogP contribution in [-0.4, -0.2) is 73.1 Å². The average Bonchev–Trinajstić information content (AvgIpc) is 3.58. The molecule has 2 atom stereocenters. The highest BCUT2D eigenvalue weighted by Gasteiger charge is 2.37. The number of nitriles is 1. The quantitative estimate of drug-likeness (QED) is 0.318. The van der Waals surface area contributed by atoms with Crippen molar-refractivity contribution < 1.29 is 17.9 Å². The van der Waals surface area contributed by atoms with Crippen LogP contribution in [0, 0.1) is 11.3 Å². The summed E-state index contributed by atoms with van der Waals surface area (Å²) in [5, 5.41) is 16.5. The number of benzene rings is 3. The van der Waals surface area contributed by atoms with Gasteiger partial charge in [-0.1, -0.05) is 30.3 Å². The standard InChI is InChI=1S/C30H30N6O5S/c1-41-24-8-10-25(11-9-24)42(39,40)36-26-12-7-20(16-31)15-27(26)35(30(36)38)28(21-5-3-2-4-6-21)29(37)34-14-13-22(19-34)33-23-17-32-18-23/h2-12,15,22-23,28,32-33H,13-14,17-19H2,1H3. The molecule has 2 saturated heterocycles. The molecule has 1 amide bonds. The summed E-state index contributed by atoms with van der Waals surface area (Å²) in [4.78, 5) is 30.2. The van der Waals surface area contributed by atoms with Crippen molar-refractivity contribution in [1.82, 2.24) is 24.1 Å². The predicted octanol–water partition coefficient (Wildman–Crippen LogP) is 1.67. The highest BCUT2D eigenvalue weighted by molar-refractivity contribution is 7.90. The zero-order chi connectivity index (χ0) is 29.4. The van der Waals surface area contributed by atoms with Crippen molar-refractivity contribution in [3.05, 3.63) is 94.4 Å². The number of hydrogen-bond donors (Lipinski definition) is 2. The van der Waals surface area contributed by atoms with Gasteiger partial charge in [0.25, 0.3) is 15.9 Å². The van der Waals surface area contributed by atoms with Gasteiger partial charge in [-0.3, -0.25) is 9.36 Å². The van der Waals surface area contributed by atoms with Crippen LogP contribution in [0.2, 0.25) is 0 Å². The van der Waals surface area contributed by atoms with Crippen molar-refractivity contribution in [2.75, 3.05) is 33.3 Å². The van der Waals surface area contributed by atoms with Crippen molar-refractivity contribution in [2.45, 2.75) is 29.4 Å². The maximum absolute atomic E-state index is 14.3. The van der Waals surface area contributed by atoms with Crippen LogP contribution >= 0.6 is 0 Å². The van der Waals surface area contributed by atoms with E-state index in [2.05, 4.69) is 16.7 Å². The van der Waals surface area contributed by atoms with Gasteiger partial charge in [0, 0.05) is 38.3 Å². The lowest BCUT2D eigenvalue weighted by molar-refractivity contribution is -0.132. The first kappa shape index (κ1) is 27.7. The van der Waals surface area contributed by atoms with E-state index in [1.807, 2.05) is 6.07 Å². The second kappa shape index (κ2) is 11.1. The van der Waals surface area contributed by atoms with E-state index in [1.54, 1.807) is 29.2 Å². The molecule has 42 heavy (non-hydrogen) atoms. The van der Waals surface area contributed by atoms with Gasteiger partial charge in [-0.2, -0.15) is 9.23 Å². The summed E-state index contributed by atoms with van der Waals surface area (Å²) in [7, 11) is -2.92. The molecule has 2 aliphatic rings. The highest BCUT2D eigenvalue weighted by atomic mass is 32.2. The molecule has 2 fully saturated rings. The van der Waals surface area contributed by atoms with Crippen molar-refractivity contribution in [1.29, 1.82) is 5.26 Å². The fourth-order valence-electron chi connectivity index (χ4n) is 5.64. The van der Waals surface area contributed by atoms with Crippen LogP contribution in [0.15, 0.2) is 82.5 Å². The number of methoxy groups -OCH3 is 1. The molecular weight excluding hydrogens is 556 g/mol. The van der Waals surface area contributed by atoms with E-state index >= 15 is 0 Å².